The maximum absolute atomic E-state index is 13.0. The van der Waals surface area contributed by atoms with Crippen LogP contribution < -0.4 is 15.0 Å². The summed E-state index contributed by atoms with van der Waals surface area (Å²) < 4.78 is 17.7. The molecule has 0 N–H and O–H groups in total. The number of nitrogens with zero attached hydrogens (tertiary/aromatic N) is 4. The van der Waals surface area contributed by atoms with Crippen LogP contribution in [0.15, 0.2) is 50.9 Å². The van der Waals surface area contributed by atoms with E-state index in [4.69, 9.17) is 25.6 Å². The molecule has 0 radical (unpaired) electrons. The summed E-state index contributed by atoms with van der Waals surface area (Å²) in [6, 6.07) is 10.5. The van der Waals surface area contributed by atoms with Gasteiger partial charge in [0.1, 0.15) is 11.5 Å². The quantitative estimate of drug-likeness (QED) is 0.266. The fraction of sp³-hybridized carbons (Fsp3) is 0.273. The van der Waals surface area contributed by atoms with Gasteiger partial charge in [-0.3, -0.25) is 9.36 Å². The van der Waals surface area contributed by atoms with Crippen LogP contribution in [0, 0.1) is 0 Å². The largest absolute Gasteiger partial charge is 0.497 e. The lowest BCUT2D eigenvalue weighted by Gasteiger charge is -2.11. The molecule has 2 heterocycles. The number of hydrogen-bond acceptors (Lipinski definition) is 8. The van der Waals surface area contributed by atoms with Crippen molar-refractivity contribution in [1.29, 1.82) is 0 Å². The molecular weight excluding hydrogens is 452 g/mol. The Morgan fingerprint density at radius 1 is 1.12 bits per heavy atom. The zero-order valence-corrected chi connectivity index (χ0v) is 19.4. The minimum Gasteiger partial charge on any atom is -0.497 e. The summed E-state index contributed by atoms with van der Waals surface area (Å²) >= 11 is 7.46. The first-order chi connectivity index (χ1) is 15.5. The Morgan fingerprint density at radius 2 is 1.97 bits per heavy atom. The van der Waals surface area contributed by atoms with Crippen LogP contribution in [0.4, 0.5) is 0 Å². The predicted molar refractivity (Wildman–Crippen MR) is 124 cm³/mol. The zero-order chi connectivity index (χ0) is 22.7. The molecular formula is C22H21ClN4O4S. The van der Waals surface area contributed by atoms with E-state index in [0.29, 0.717) is 62.2 Å². The summed E-state index contributed by atoms with van der Waals surface area (Å²) in [5.74, 6) is 2.42. The summed E-state index contributed by atoms with van der Waals surface area (Å²) in [7, 11) is 3.16. The van der Waals surface area contributed by atoms with E-state index in [1.54, 1.807) is 49.1 Å². The van der Waals surface area contributed by atoms with Crippen LogP contribution in [0.3, 0.4) is 0 Å². The van der Waals surface area contributed by atoms with Crippen LogP contribution >= 0.6 is 23.4 Å². The molecule has 0 bridgehead atoms. The minimum atomic E-state index is -0.0924. The topological polar surface area (TPSA) is 92.3 Å². The maximum atomic E-state index is 13.0. The summed E-state index contributed by atoms with van der Waals surface area (Å²) in [5, 5.41) is 5.72. The Bertz CT molecular complexity index is 1320. The van der Waals surface area contributed by atoms with Gasteiger partial charge in [0, 0.05) is 17.6 Å². The Hall–Kier alpha value is -3.04. The highest BCUT2D eigenvalue weighted by Crippen LogP contribution is 2.32. The van der Waals surface area contributed by atoms with Crippen molar-refractivity contribution >= 4 is 34.3 Å². The van der Waals surface area contributed by atoms with Crippen LogP contribution in [0.1, 0.15) is 19.2 Å². The normalized spacial score (nSPS) is 11.1. The Labute approximate surface area is 193 Å². The average molecular weight is 473 g/mol. The smallest absolute Gasteiger partial charge is 0.262 e. The van der Waals surface area contributed by atoms with Crippen LogP contribution in [0.5, 0.6) is 11.5 Å². The van der Waals surface area contributed by atoms with Crippen molar-refractivity contribution < 1.29 is 14.0 Å². The molecule has 32 heavy (non-hydrogen) atoms. The average Bonchev–Trinajstić information content (AvgIpc) is 3.28. The van der Waals surface area contributed by atoms with Crippen molar-refractivity contribution in [2.24, 2.45) is 0 Å². The monoisotopic (exact) mass is 472 g/mol. The second-order valence-corrected chi connectivity index (χ2v) is 8.26. The van der Waals surface area contributed by atoms with E-state index >= 15 is 0 Å². The maximum Gasteiger partial charge on any atom is 0.262 e. The number of ether oxygens (including phenoxy) is 2. The van der Waals surface area contributed by atoms with Crippen molar-refractivity contribution in [3.63, 3.8) is 0 Å². The molecule has 0 spiro atoms. The number of aromatic nitrogens is 4. The first kappa shape index (κ1) is 22.2. The van der Waals surface area contributed by atoms with Gasteiger partial charge in [-0.2, -0.15) is 4.98 Å². The van der Waals surface area contributed by atoms with Gasteiger partial charge in [-0.1, -0.05) is 35.4 Å². The van der Waals surface area contributed by atoms with Gasteiger partial charge in [0.05, 0.1) is 36.4 Å². The van der Waals surface area contributed by atoms with E-state index in [1.165, 1.54) is 11.8 Å². The Balaban J connectivity index is 1.62. The number of fused-ring (bicyclic) bond motifs is 1. The van der Waals surface area contributed by atoms with Crippen molar-refractivity contribution in [3.8, 4) is 22.9 Å². The zero-order valence-electron chi connectivity index (χ0n) is 17.8. The number of benzene rings is 2. The molecule has 2 aromatic heterocycles. The molecule has 4 aromatic rings. The highest BCUT2D eigenvalue weighted by atomic mass is 35.5. The fourth-order valence-electron chi connectivity index (χ4n) is 3.24. The highest BCUT2D eigenvalue weighted by Gasteiger charge is 2.17. The first-order valence-electron chi connectivity index (χ1n) is 9.92. The van der Waals surface area contributed by atoms with Gasteiger partial charge in [-0.15, -0.1) is 0 Å². The number of thioether (sulfide) groups is 1. The molecule has 166 valence electrons. The third kappa shape index (κ3) is 4.44. The third-order valence-corrected chi connectivity index (χ3v) is 5.97. The number of halogens is 1. The Morgan fingerprint density at radius 3 is 2.72 bits per heavy atom. The molecule has 0 unspecified atom stereocenters. The molecule has 0 aliphatic heterocycles. The minimum absolute atomic E-state index is 0.0924. The lowest BCUT2D eigenvalue weighted by atomic mass is 10.2. The van der Waals surface area contributed by atoms with Gasteiger partial charge >= 0.3 is 0 Å². The number of methoxy groups -OCH3 is 2. The van der Waals surface area contributed by atoms with Gasteiger partial charge < -0.3 is 14.0 Å². The summed E-state index contributed by atoms with van der Waals surface area (Å²) in [5.41, 5.74) is 1.16. The van der Waals surface area contributed by atoms with E-state index in [0.717, 1.165) is 6.42 Å². The molecule has 0 fully saturated rings. The summed E-state index contributed by atoms with van der Waals surface area (Å²) in [6.07, 6.45) is 0.802. The lowest BCUT2D eigenvalue weighted by molar-refractivity contribution is 0.388. The van der Waals surface area contributed by atoms with Gasteiger partial charge in [0.2, 0.25) is 11.7 Å². The number of rotatable bonds is 8. The van der Waals surface area contributed by atoms with Gasteiger partial charge in [-0.05, 0) is 36.8 Å². The van der Waals surface area contributed by atoms with Crippen molar-refractivity contribution in [2.45, 2.75) is 30.8 Å². The van der Waals surface area contributed by atoms with Crippen LogP contribution in [-0.2, 0) is 12.3 Å². The van der Waals surface area contributed by atoms with E-state index in [1.807, 2.05) is 13.0 Å². The first-order valence-corrected chi connectivity index (χ1v) is 11.3. The van der Waals surface area contributed by atoms with E-state index in [-0.39, 0.29) is 5.56 Å². The highest BCUT2D eigenvalue weighted by molar-refractivity contribution is 7.98. The molecule has 0 amide bonds. The second-order valence-electron chi connectivity index (χ2n) is 6.88. The molecule has 10 heteroatoms. The fourth-order valence-corrected chi connectivity index (χ4v) is 4.27. The van der Waals surface area contributed by atoms with Gasteiger partial charge in [0.25, 0.3) is 5.56 Å². The van der Waals surface area contributed by atoms with Crippen LogP contribution in [0.2, 0.25) is 5.02 Å². The van der Waals surface area contributed by atoms with E-state index < -0.39 is 0 Å². The van der Waals surface area contributed by atoms with Gasteiger partial charge in [0.15, 0.2) is 5.16 Å². The molecule has 0 atom stereocenters. The molecule has 0 aliphatic rings. The van der Waals surface area contributed by atoms with Gasteiger partial charge in [-0.25, -0.2) is 4.98 Å². The third-order valence-electron chi connectivity index (χ3n) is 4.77. The molecule has 4 rings (SSSR count). The molecule has 0 saturated heterocycles. The summed E-state index contributed by atoms with van der Waals surface area (Å²) in [6.45, 7) is 2.57. The molecule has 2 aromatic carbocycles. The van der Waals surface area contributed by atoms with Crippen molar-refractivity contribution in [3.05, 3.63) is 57.7 Å². The molecule has 8 nitrogen and oxygen atoms in total. The van der Waals surface area contributed by atoms with Crippen LogP contribution in [-0.4, -0.2) is 33.9 Å². The Kier molecular flexibility index (Phi) is 6.66. The lowest BCUT2D eigenvalue weighted by Crippen LogP contribution is -2.23. The van der Waals surface area contributed by atoms with Crippen molar-refractivity contribution in [2.75, 3.05) is 14.2 Å². The predicted octanol–water partition coefficient (Wildman–Crippen LogP) is 4.82. The summed E-state index contributed by atoms with van der Waals surface area (Å²) in [4.78, 5) is 22.1. The van der Waals surface area contributed by atoms with E-state index in [9.17, 15) is 4.79 Å². The van der Waals surface area contributed by atoms with Crippen molar-refractivity contribution in [1.82, 2.24) is 19.7 Å². The van der Waals surface area contributed by atoms with Crippen LogP contribution in [0.25, 0.3) is 22.3 Å². The number of hydrogen-bond donors (Lipinski definition) is 0. The SMILES string of the molecule is CCCn1c(SCc2nc(-c3ccc(OC)cc3OC)no2)nc2cc(Cl)ccc2c1=O. The second kappa shape index (κ2) is 9.62. The molecule has 0 aliphatic carbocycles. The molecule has 0 saturated carbocycles. The standard InChI is InChI=1S/C22H21ClN4O4S/c1-4-9-27-21(28)15-7-5-13(23)10-17(15)24-22(27)32-12-19-25-20(26-31-19)16-8-6-14(29-2)11-18(16)30-3/h5-8,10-11H,4,9,12H2,1-3H3. The van der Waals surface area contributed by atoms with E-state index in [2.05, 4.69) is 15.1 Å².